The highest BCUT2D eigenvalue weighted by molar-refractivity contribution is 8.14. The third kappa shape index (κ3) is 3.84. The summed E-state index contributed by atoms with van der Waals surface area (Å²) in [5.74, 6) is 0.133. The SMILES string of the molecule is Cc1ccc(C2=NN[C@H](c3ccc(OCC(N)=O)cc3)S2)cc1. The number of hydrogen-bond acceptors (Lipinski definition) is 5. The van der Waals surface area contributed by atoms with Gasteiger partial charge < -0.3 is 10.5 Å². The van der Waals surface area contributed by atoms with E-state index in [1.165, 1.54) is 5.56 Å². The summed E-state index contributed by atoms with van der Waals surface area (Å²) in [6, 6.07) is 15.9. The monoisotopic (exact) mass is 327 g/mol. The Labute approximate surface area is 138 Å². The molecule has 23 heavy (non-hydrogen) atoms. The number of thioether (sulfide) groups is 1. The van der Waals surface area contributed by atoms with Crippen LogP contribution in [0.1, 0.15) is 22.1 Å². The molecule has 2 aromatic rings. The predicted molar refractivity (Wildman–Crippen MR) is 92.3 cm³/mol. The molecule has 3 rings (SSSR count). The van der Waals surface area contributed by atoms with Gasteiger partial charge in [0.15, 0.2) is 6.61 Å². The Balaban J connectivity index is 1.63. The van der Waals surface area contributed by atoms with Gasteiger partial charge in [-0.25, -0.2) is 0 Å². The lowest BCUT2D eigenvalue weighted by atomic mass is 10.2. The third-order valence-corrected chi connectivity index (χ3v) is 4.54. The smallest absolute Gasteiger partial charge is 0.255 e. The molecule has 0 unspecified atom stereocenters. The summed E-state index contributed by atoms with van der Waals surface area (Å²) in [6.45, 7) is 1.95. The van der Waals surface area contributed by atoms with E-state index in [0.29, 0.717) is 5.75 Å². The van der Waals surface area contributed by atoms with Crippen LogP contribution >= 0.6 is 11.8 Å². The molecule has 0 bridgehead atoms. The highest BCUT2D eigenvalue weighted by atomic mass is 32.2. The Bertz CT molecular complexity index is 727. The van der Waals surface area contributed by atoms with E-state index in [1.54, 1.807) is 11.8 Å². The number of carbonyl (C=O) groups is 1. The van der Waals surface area contributed by atoms with E-state index in [1.807, 2.05) is 24.3 Å². The fourth-order valence-electron chi connectivity index (χ4n) is 2.15. The van der Waals surface area contributed by atoms with Crippen molar-refractivity contribution in [3.05, 3.63) is 65.2 Å². The largest absolute Gasteiger partial charge is 0.484 e. The quantitative estimate of drug-likeness (QED) is 0.885. The van der Waals surface area contributed by atoms with Gasteiger partial charge in [0.05, 0.1) is 0 Å². The third-order valence-electron chi connectivity index (χ3n) is 3.38. The summed E-state index contributed by atoms with van der Waals surface area (Å²) < 4.78 is 5.26. The number of aryl methyl sites for hydroxylation is 1. The van der Waals surface area contributed by atoms with E-state index in [4.69, 9.17) is 10.5 Å². The summed E-state index contributed by atoms with van der Waals surface area (Å²) in [5, 5.41) is 5.45. The first kappa shape index (κ1) is 15.4. The zero-order valence-electron chi connectivity index (χ0n) is 12.7. The molecule has 0 spiro atoms. The number of amides is 1. The van der Waals surface area contributed by atoms with Crippen molar-refractivity contribution in [2.75, 3.05) is 6.61 Å². The van der Waals surface area contributed by atoms with Crippen molar-refractivity contribution >= 4 is 22.7 Å². The van der Waals surface area contributed by atoms with Gasteiger partial charge in [-0.2, -0.15) is 5.10 Å². The van der Waals surface area contributed by atoms with Crippen molar-refractivity contribution in [3.63, 3.8) is 0 Å². The number of primary amides is 1. The molecular formula is C17H17N3O2S. The minimum absolute atomic E-state index is 0.0662. The van der Waals surface area contributed by atoms with Gasteiger partial charge in [0, 0.05) is 5.56 Å². The van der Waals surface area contributed by atoms with E-state index < -0.39 is 5.91 Å². The molecular weight excluding hydrogens is 310 g/mol. The van der Waals surface area contributed by atoms with Crippen molar-refractivity contribution in [2.45, 2.75) is 12.3 Å². The molecule has 2 aromatic carbocycles. The van der Waals surface area contributed by atoms with Crippen molar-refractivity contribution < 1.29 is 9.53 Å². The Morgan fingerprint density at radius 3 is 2.57 bits per heavy atom. The summed E-state index contributed by atoms with van der Waals surface area (Å²) in [5.41, 5.74) is 11.6. The minimum Gasteiger partial charge on any atom is -0.484 e. The Morgan fingerprint density at radius 2 is 1.91 bits per heavy atom. The molecule has 0 radical (unpaired) electrons. The van der Waals surface area contributed by atoms with Gasteiger partial charge in [-0.05, 0) is 24.6 Å². The molecule has 0 aliphatic carbocycles. The maximum absolute atomic E-state index is 10.7. The predicted octanol–water partition coefficient (Wildman–Crippen LogP) is 2.56. The highest BCUT2D eigenvalue weighted by Gasteiger charge is 2.21. The molecule has 1 atom stereocenters. The van der Waals surface area contributed by atoms with Crippen LogP contribution in [0.4, 0.5) is 0 Å². The van der Waals surface area contributed by atoms with Crippen LogP contribution in [-0.4, -0.2) is 17.6 Å². The Morgan fingerprint density at radius 1 is 1.22 bits per heavy atom. The second-order valence-electron chi connectivity index (χ2n) is 5.23. The highest BCUT2D eigenvalue weighted by Crippen LogP contribution is 2.34. The van der Waals surface area contributed by atoms with Crippen molar-refractivity contribution in [3.8, 4) is 5.75 Å². The molecule has 1 amide bonds. The number of ether oxygens (including phenoxy) is 1. The molecule has 1 heterocycles. The second-order valence-corrected chi connectivity index (χ2v) is 6.33. The van der Waals surface area contributed by atoms with E-state index in [0.717, 1.165) is 16.2 Å². The van der Waals surface area contributed by atoms with E-state index in [2.05, 4.69) is 41.7 Å². The molecule has 5 nitrogen and oxygen atoms in total. The van der Waals surface area contributed by atoms with Gasteiger partial charge in [-0.3, -0.25) is 10.2 Å². The number of hydrogen-bond donors (Lipinski definition) is 2. The lowest BCUT2D eigenvalue weighted by Crippen LogP contribution is -2.20. The topological polar surface area (TPSA) is 76.7 Å². The van der Waals surface area contributed by atoms with Crippen LogP contribution in [0, 0.1) is 6.92 Å². The number of benzene rings is 2. The molecule has 1 aliphatic heterocycles. The fourth-order valence-corrected chi connectivity index (χ4v) is 3.15. The zero-order chi connectivity index (χ0) is 16.2. The summed E-state index contributed by atoms with van der Waals surface area (Å²) >= 11 is 1.67. The van der Waals surface area contributed by atoms with E-state index in [-0.39, 0.29) is 12.0 Å². The fraction of sp³-hybridized carbons (Fsp3) is 0.176. The Kier molecular flexibility index (Phi) is 4.52. The van der Waals surface area contributed by atoms with E-state index >= 15 is 0 Å². The number of hydrazone groups is 1. The van der Waals surface area contributed by atoms with Crippen LogP contribution in [0.15, 0.2) is 53.6 Å². The number of carbonyl (C=O) groups excluding carboxylic acids is 1. The molecule has 118 valence electrons. The number of rotatable bonds is 5. The van der Waals surface area contributed by atoms with Crippen LogP contribution in [0.3, 0.4) is 0 Å². The molecule has 6 heteroatoms. The average molecular weight is 327 g/mol. The van der Waals surface area contributed by atoms with E-state index in [9.17, 15) is 4.79 Å². The first-order valence-electron chi connectivity index (χ1n) is 7.20. The lowest BCUT2D eigenvalue weighted by Gasteiger charge is -2.10. The first-order valence-corrected chi connectivity index (χ1v) is 8.08. The van der Waals surface area contributed by atoms with Crippen LogP contribution in [0.25, 0.3) is 0 Å². The molecule has 0 saturated heterocycles. The number of nitrogens with two attached hydrogens (primary N) is 1. The van der Waals surface area contributed by atoms with Gasteiger partial charge in [0.1, 0.15) is 16.2 Å². The molecule has 3 N–H and O–H groups in total. The first-order chi connectivity index (χ1) is 11.1. The number of nitrogens with one attached hydrogen (secondary N) is 1. The molecule has 1 aliphatic rings. The van der Waals surface area contributed by atoms with Gasteiger partial charge in [0.2, 0.25) is 0 Å². The van der Waals surface area contributed by atoms with Crippen LogP contribution < -0.4 is 15.9 Å². The summed E-state index contributed by atoms with van der Waals surface area (Å²) in [4.78, 5) is 10.7. The van der Waals surface area contributed by atoms with Gasteiger partial charge in [-0.1, -0.05) is 53.7 Å². The summed E-state index contributed by atoms with van der Waals surface area (Å²) in [7, 11) is 0. The normalized spacial score (nSPS) is 16.6. The lowest BCUT2D eigenvalue weighted by molar-refractivity contribution is -0.119. The molecule has 0 aromatic heterocycles. The molecule has 0 fully saturated rings. The maximum Gasteiger partial charge on any atom is 0.255 e. The Hall–Kier alpha value is -2.47. The van der Waals surface area contributed by atoms with Crippen molar-refractivity contribution in [1.29, 1.82) is 0 Å². The maximum atomic E-state index is 10.7. The minimum atomic E-state index is -0.488. The van der Waals surface area contributed by atoms with Gasteiger partial charge >= 0.3 is 0 Å². The van der Waals surface area contributed by atoms with Crippen LogP contribution in [0.5, 0.6) is 5.75 Å². The zero-order valence-corrected chi connectivity index (χ0v) is 13.5. The second kappa shape index (κ2) is 6.75. The number of nitrogens with zero attached hydrogens (tertiary/aromatic N) is 1. The standard InChI is InChI=1S/C17H17N3O2S/c1-11-2-4-12(5-3-11)16-19-20-17(23-16)13-6-8-14(9-7-13)22-10-15(18)21/h2-9,17,20H,10H2,1H3,(H2,18,21)/t17-/m0/s1. The van der Waals surface area contributed by atoms with Crippen molar-refractivity contribution in [1.82, 2.24) is 5.43 Å². The van der Waals surface area contributed by atoms with Crippen LogP contribution in [0.2, 0.25) is 0 Å². The van der Waals surface area contributed by atoms with Crippen LogP contribution in [-0.2, 0) is 4.79 Å². The average Bonchev–Trinajstić information content (AvgIpc) is 3.04. The molecule has 0 saturated carbocycles. The van der Waals surface area contributed by atoms with Gasteiger partial charge in [-0.15, -0.1) is 0 Å². The van der Waals surface area contributed by atoms with Gasteiger partial charge in [0.25, 0.3) is 5.91 Å². The van der Waals surface area contributed by atoms with Crippen molar-refractivity contribution in [2.24, 2.45) is 10.8 Å². The summed E-state index contributed by atoms with van der Waals surface area (Å²) in [6.07, 6.45) is 0.